The van der Waals surface area contributed by atoms with Crippen molar-refractivity contribution in [3.05, 3.63) is 0 Å². The van der Waals surface area contributed by atoms with Crippen LogP contribution in [-0.4, -0.2) is 41.3 Å². The van der Waals surface area contributed by atoms with Gasteiger partial charge in [0, 0.05) is 6.04 Å². The third kappa shape index (κ3) is 5.91. The zero-order chi connectivity index (χ0) is 13.8. The van der Waals surface area contributed by atoms with E-state index >= 15 is 0 Å². The molecule has 0 aromatic rings. The highest BCUT2D eigenvalue weighted by Crippen LogP contribution is 2.28. The summed E-state index contributed by atoms with van der Waals surface area (Å²) in [5, 5.41) is 8.53. The largest absolute Gasteiger partial charge is 0.481 e. The minimum Gasteiger partial charge on any atom is -0.481 e. The Bertz CT molecular complexity index is 254. The predicted molar refractivity (Wildman–Crippen MR) is 58.8 cm³/mol. The molecule has 0 heterocycles. The van der Waals surface area contributed by atoms with E-state index in [2.05, 4.69) is 0 Å². The molecule has 0 bridgehead atoms. The fraction of sp³-hybridized carbons (Fsp3) is 0.909. The van der Waals surface area contributed by atoms with E-state index in [1.165, 1.54) is 7.05 Å². The van der Waals surface area contributed by atoms with E-state index in [4.69, 9.17) is 5.11 Å². The van der Waals surface area contributed by atoms with E-state index in [1.807, 2.05) is 13.8 Å². The lowest BCUT2D eigenvalue weighted by molar-refractivity contribution is -0.192. The van der Waals surface area contributed by atoms with Gasteiger partial charge in [-0.05, 0) is 26.3 Å². The standard InChI is InChI=1S/C11H20F3NO2/c1-7(2)5-8(3)15(4)9(6-10(16)17)11(12,13)14/h7-9H,5-6H2,1-4H3,(H,16,17). The minimum atomic E-state index is -4.52. The summed E-state index contributed by atoms with van der Waals surface area (Å²) in [5.74, 6) is -1.16. The Hall–Kier alpha value is -0.780. The van der Waals surface area contributed by atoms with Gasteiger partial charge in [0.1, 0.15) is 6.04 Å². The number of alkyl halides is 3. The Morgan fingerprint density at radius 1 is 1.29 bits per heavy atom. The first-order valence-electron chi connectivity index (χ1n) is 5.56. The molecule has 3 nitrogen and oxygen atoms in total. The molecule has 0 spiro atoms. The lowest BCUT2D eigenvalue weighted by atomic mass is 10.0. The van der Waals surface area contributed by atoms with Gasteiger partial charge in [0.2, 0.25) is 0 Å². The normalized spacial score (nSPS) is 16.3. The topological polar surface area (TPSA) is 40.5 Å². The van der Waals surface area contributed by atoms with E-state index in [0.29, 0.717) is 6.42 Å². The number of carbonyl (C=O) groups is 1. The number of hydrogen-bond acceptors (Lipinski definition) is 2. The van der Waals surface area contributed by atoms with Crippen molar-refractivity contribution in [2.24, 2.45) is 5.92 Å². The summed E-state index contributed by atoms with van der Waals surface area (Å²) in [6.07, 6.45) is -4.83. The first kappa shape index (κ1) is 16.2. The van der Waals surface area contributed by atoms with Crippen LogP contribution in [0.5, 0.6) is 0 Å². The molecule has 6 heteroatoms. The molecule has 102 valence electrons. The van der Waals surface area contributed by atoms with Crippen LogP contribution in [0.2, 0.25) is 0 Å². The Kier molecular flexibility index (Phi) is 5.95. The van der Waals surface area contributed by atoms with Crippen LogP contribution < -0.4 is 0 Å². The predicted octanol–water partition coefficient (Wildman–Crippen LogP) is 2.76. The zero-order valence-corrected chi connectivity index (χ0v) is 10.6. The van der Waals surface area contributed by atoms with E-state index < -0.39 is 24.6 Å². The van der Waals surface area contributed by atoms with Crippen LogP contribution in [0.4, 0.5) is 13.2 Å². The first-order chi connectivity index (χ1) is 7.55. The molecule has 0 radical (unpaired) electrons. The third-order valence-corrected chi connectivity index (χ3v) is 2.75. The average molecular weight is 255 g/mol. The molecule has 0 aliphatic carbocycles. The van der Waals surface area contributed by atoms with Gasteiger partial charge in [-0.3, -0.25) is 9.69 Å². The van der Waals surface area contributed by atoms with Gasteiger partial charge in [0.05, 0.1) is 6.42 Å². The van der Waals surface area contributed by atoms with Crippen LogP contribution in [0.1, 0.15) is 33.6 Å². The molecular formula is C11H20F3NO2. The second-order valence-electron chi connectivity index (χ2n) is 4.80. The zero-order valence-electron chi connectivity index (χ0n) is 10.6. The SMILES string of the molecule is CC(C)CC(C)N(C)C(CC(=O)O)C(F)(F)F. The highest BCUT2D eigenvalue weighted by Gasteiger charge is 2.44. The molecule has 0 aromatic heterocycles. The third-order valence-electron chi connectivity index (χ3n) is 2.75. The first-order valence-corrected chi connectivity index (χ1v) is 5.56. The lowest BCUT2D eigenvalue weighted by Crippen LogP contribution is -2.49. The number of nitrogens with zero attached hydrogens (tertiary/aromatic N) is 1. The quantitative estimate of drug-likeness (QED) is 0.793. The van der Waals surface area contributed by atoms with Crippen molar-refractivity contribution in [1.82, 2.24) is 4.90 Å². The summed E-state index contributed by atoms with van der Waals surface area (Å²) >= 11 is 0. The van der Waals surface area contributed by atoms with Crippen LogP contribution >= 0.6 is 0 Å². The maximum absolute atomic E-state index is 12.7. The number of halogens is 3. The minimum absolute atomic E-state index is 0.270. The van der Waals surface area contributed by atoms with Crippen LogP contribution in [0.25, 0.3) is 0 Å². The average Bonchev–Trinajstić information content (AvgIpc) is 2.09. The van der Waals surface area contributed by atoms with E-state index in [9.17, 15) is 18.0 Å². The van der Waals surface area contributed by atoms with Gasteiger partial charge in [0.15, 0.2) is 0 Å². The van der Waals surface area contributed by atoms with Gasteiger partial charge in [-0.25, -0.2) is 0 Å². The molecule has 0 aliphatic heterocycles. The molecule has 1 N–H and O–H groups in total. The van der Waals surface area contributed by atoms with Crippen molar-refractivity contribution in [3.8, 4) is 0 Å². The summed E-state index contributed by atoms with van der Waals surface area (Å²) in [6.45, 7) is 5.52. The van der Waals surface area contributed by atoms with Gasteiger partial charge >= 0.3 is 12.1 Å². The van der Waals surface area contributed by atoms with Gasteiger partial charge < -0.3 is 5.11 Å². The number of carboxylic acid groups (broad SMARTS) is 1. The van der Waals surface area contributed by atoms with Crippen LogP contribution in [0.15, 0.2) is 0 Å². The summed E-state index contributed by atoms with van der Waals surface area (Å²) in [7, 11) is 1.33. The van der Waals surface area contributed by atoms with Crippen LogP contribution in [0.3, 0.4) is 0 Å². The second kappa shape index (κ2) is 6.23. The summed E-state index contributed by atoms with van der Waals surface area (Å²) in [6, 6.07) is -2.23. The maximum atomic E-state index is 12.7. The Labute approximate surface area is 99.6 Å². The Morgan fingerprint density at radius 3 is 2.06 bits per heavy atom. The second-order valence-corrected chi connectivity index (χ2v) is 4.80. The van der Waals surface area contributed by atoms with E-state index in [1.54, 1.807) is 6.92 Å². The molecule has 2 unspecified atom stereocenters. The van der Waals surface area contributed by atoms with E-state index in [0.717, 1.165) is 4.90 Å². The van der Waals surface area contributed by atoms with Crippen molar-refractivity contribution in [1.29, 1.82) is 0 Å². The maximum Gasteiger partial charge on any atom is 0.404 e. The van der Waals surface area contributed by atoms with Crippen molar-refractivity contribution in [2.75, 3.05) is 7.05 Å². The van der Waals surface area contributed by atoms with Gasteiger partial charge in [0.25, 0.3) is 0 Å². The Balaban J connectivity index is 4.74. The number of hydrogen-bond donors (Lipinski definition) is 1. The number of carboxylic acids is 1. The van der Waals surface area contributed by atoms with Gasteiger partial charge in [-0.15, -0.1) is 0 Å². The molecule has 0 fully saturated rings. The van der Waals surface area contributed by atoms with Crippen molar-refractivity contribution in [3.63, 3.8) is 0 Å². The fourth-order valence-corrected chi connectivity index (χ4v) is 1.81. The number of rotatable bonds is 6. The van der Waals surface area contributed by atoms with E-state index in [-0.39, 0.29) is 12.0 Å². The van der Waals surface area contributed by atoms with Gasteiger partial charge in [-0.1, -0.05) is 13.8 Å². The molecule has 0 saturated carbocycles. The van der Waals surface area contributed by atoms with Crippen molar-refractivity contribution >= 4 is 5.97 Å². The van der Waals surface area contributed by atoms with Crippen molar-refractivity contribution in [2.45, 2.75) is 51.9 Å². The number of aliphatic carboxylic acids is 1. The monoisotopic (exact) mass is 255 g/mol. The molecule has 0 aromatic carbocycles. The lowest BCUT2D eigenvalue weighted by Gasteiger charge is -2.34. The molecule has 0 rings (SSSR count). The summed E-state index contributed by atoms with van der Waals surface area (Å²) in [5.41, 5.74) is 0. The Morgan fingerprint density at radius 2 is 1.76 bits per heavy atom. The fourth-order valence-electron chi connectivity index (χ4n) is 1.81. The molecule has 0 amide bonds. The summed E-state index contributed by atoms with van der Waals surface area (Å²) in [4.78, 5) is 11.6. The molecular weight excluding hydrogens is 235 g/mol. The molecule has 17 heavy (non-hydrogen) atoms. The van der Waals surface area contributed by atoms with Crippen LogP contribution in [0, 0.1) is 5.92 Å². The molecule has 2 atom stereocenters. The summed E-state index contributed by atoms with van der Waals surface area (Å²) < 4.78 is 38.2. The highest BCUT2D eigenvalue weighted by molar-refractivity contribution is 5.67. The molecule has 0 saturated heterocycles. The highest BCUT2D eigenvalue weighted by atomic mass is 19.4. The van der Waals surface area contributed by atoms with Crippen molar-refractivity contribution < 1.29 is 23.1 Å². The van der Waals surface area contributed by atoms with Crippen LogP contribution in [-0.2, 0) is 4.79 Å². The van der Waals surface area contributed by atoms with Gasteiger partial charge in [-0.2, -0.15) is 13.2 Å². The molecule has 0 aliphatic rings. The smallest absolute Gasteiger partial charge is 0.404 e.